The van der Waals surface area contributed by atoms with Gasteiger partial charge < -0.3 is 9.30 Å². The highest BCUT2D eigenvalue weighted by Crippen LogP contribution is 2.21. The summed E-state index contributed by atoms with van der Waals surface area (Å²) in [7, 11) is 1.27. The molecule has 0 N–H and O–H groups in total. The molecule has 0 aliphatic carbocycles. The van der Waals surface area contributed by atoms with Gasteiger partial charge in [0, 0.05) is 18.9 Å². The van der Waals surface area contributed by atoms with Gasteiger partial charge in [0.15, 0.2) is 0 Å². The van der Waals surface area contributed by atoms with E-state index in [1.54, 1.807) is 24.3 Å². The smallest absolute Gasteiger partial charge is 0.396 e. The molecule has 0 unspecified atom stereocenters. The minimum atomic E-state index is -4.31. The van der Waals surface area contributed by atoms with E-state index in [9.17, 15) is 18.0 Å². The summed E-state index contributed by atoms with van der Waals surface area (Å²) in [5.41, 5.74) is 1.05. The molecule has 0 saturated heterocycles. The number of alkyl halides is 3. The normalized spacial score (nSPS) is 11.4. The summed E-state index contributed by atoms with van der Waals surface area (Å²) in [4.78, 5) is 15.2. The molecule has 1 aromatic carbocycles. The Bertz CT molecular complexity index is 635. The number of imidazole rings is 1. The lowest BCUT2D eigenvalue weighted by atomic mass is 10.1. The van der Waals surface area contributed by atoms with Crippen LogP contribution in [0.2, 0.25) is 0 Å². The Balaban J connectivity index is 2.19. The molecule has 2 aromatic rings. The predicted octanol–water partition coefficient (Wildman–Crippen LogP) is 2.82. The maximum atomic E-state index is 12.4. The van der Waals surface area contributed by atoms with E-state index in [-0.39, 0.29) is 12.4 Å². The fraction of sp³-hybridized carbons (Fsp3) is 0.286. The maximum Gasteiger partial charge on any atom is 0.396 e. The summed E-state index contributed by atoms with van der Waals surface area (Å²) < 4.78 is 43.3. The number of hydrogen-bond acceptors (Lipinski definition) is 3. The predicted molar refractivity (Wildman–Crippen MR) is 68.9 cm³/mol. The number of rotatable bonds is 4. The van der Waals surface area contributed by atoms with Crippen molar-refractivity contribution in [1.29, 1.82) is 0 Å². The summed E-state index contributed by atoms with van der Waals surface area (Å²) in [6, 6.07) is 6.55. The number of esters is 1. The number of aromatic nitrogens is 2. The molecular weight excluding hydrogens is 285 g/mol. The molecule has 0 saturated carbocycles. The van der Waals surface area contributed by atoms with Gasteiger partial charge in [0.1, 0.15) is 12.2 Å². The standard InChI is InChI=1S/C14H13F3N2O2/c1-21-13(20)11-4-2-3-10(7-11)9-19-6-5-18-12(19)8-14(15,16)17/h2-7H,8-9H2,1H3. The third-order valence-corrected chi connectivity index (χ3v) is 2.86. The van der Waals surface area contributed by atoms with Crippen molar-refractivity contribution >= 4 is 5.97 Å². The second-order valence-corrected chi connectivity index (χ2v) is 4.46. The average Bonchev–Trinajstić information content (AvgIpc) is 2.83. The van der Waals surface area contributed by atoms with Gasteiger partial charge in [0.25, 0.3) is 0 Å². The summed E-state index contributed by atoms with van der Waals surface area (Å²) in [6.07, 6.45) is -2.59. The maximum absolute atomic E-state index is 12.4. The average molecular weight is 298 g/mol. The molecule has 1 heterocycles. The van der Waals surface area contributed by atoms with Crippen molar-refractivity contribution in [2.75, 3.05) is 7.11 Å². The Kier molecular flexibility index (Phi) is 4.30. The number of carbonyl (C=O) groups is 1. The molecule has 0 amide bonds. The first-order valence-corrected chi connectivity index (χ1v) is 6.13. The first-order valence-electron chi connectivity index (χ1n) is 6.13. The second kappa shape index (κ2) is 5.99. The van der Waals surface area contributed by atoms with Crippen LogP contribution in [0.5, 0.6) is 0 Å². The van der Waals surface area contributed by atoms with Crippen molar-refractivity contribution < 1.29 is 22.7 Å². The molecular formula is C14H13F3N2O2. The minimum absolute atomic E-state index is 0.0639. The molecule has 0 atom stereocenters. The summed E-state index contributed by atoms with van der Waals surface area (Å²) in [5, 5.41) is 0. The third-order valence-electron chi connectivity index (χ3n) is 2.86. The summed E-state index contributed by atoms with van der Waals surface area (Å²) in [5.74, 6) is -0.552. The molecule has 0 fully saturated rings. The van der Waals surface area contributed by atoms with E-state index in [2.05, 4.69) is 9.72 Å². The molecule has 0 spiro atoms. The molecule has 0 aliphatic rings. The zero-order chi connectivity index (χ0) is 15.5. The van der Waals surface area contributed by atoms with E-state index in [4.69, 9.17) is 0 Å². The topological polar surface area (TPSA) is 44.1 Å². The van der Waals surface area contributed by atoms with Crippen molar-refractivity contribution in [3.8, 4) is 0 Å². The SMILES string of the molecule is COC(=O)c1cccc(Cn2ccnc2CC(F)(F)F)c1. The Morgan fingerprint density at radius 1 is 1.38 bits per heavy atom. The van der Waals surface area contributed by atoms with Gasteiger partial charge in [-0.15, -0.1) is 0 Å². The number of halogens is 3. The van der Waals surface area contributed by atoms with E-state index in [1.165, 1.54) is 24.1 Å². The van der Waals surface area contributed by atoms with Crippen LogP contribution in [0, 0.1) is 0 Å². The van der Waals surface area contributed by atoms with Crippen LogP contribution >= 0.6 is 0 Å². The van der Waals surface area contributed by atoms with Crippen molar-refractivity contribution in [3.63, 3.8) is 0 Å². The van der Waals surface area contributed by atoms with E-state index in [0.29, 0.717) is 11.1 Å². The number of benzene rings is 1. The van der Waals surface area contributed by atoms with Gasteiger partial charge in [-0.3, -0.25) is 0 Å². The van der Waals surface area contributed by atoms with E-state index < -0.39 is 18.6 Å². The Morgan fingerprint density at radius 3 is 2.81 bits per heavy atom. The Labute approximate surface area is 119 Å². The van der Waals surface area contributed by atoms with E-state index in [0.717, 1.165) is 0 Å². The Hall–Kier alpha value is -2.31. The van der Waals surface area contributed by atoms with Crippen molar-refractivity contribution in [2.45, 2.75) is 19.1 Å². The van der Waals surface area contributed by atoms with E-state index >= 15 is 0 Å². The van der Waals surface area contributed by atoms with Crippen LogP contribution in [0.25, 0.3) is 0 Å². The monoisotopic (exact) mass is 298 g/mol. The largest absolute Gasteiger partial charge is 0.465 e. The molecule has 0 radical (unpaired) electrons. The fourth-order valence-electron chi connectivity index (χ4n) is 1.94. The van der Waals surface area contributed by atoms with Crippen LogP contribution in [0.3, 0.4) is 0 Å². The first-order chi connectivity index (χ1) is 9.89. The molecule has 7 heteroatoms. The van der Waals surface area contributed by atoms with Gasteiger partial charge in [-0.05, 0) is 17.7 Å². The van der Waals surface area contributed by atoms with Crippen LogP contribution in [0.4, 0.5) is 13.2 Å². The molecule has 2 rings (SSSR count). The van der Waals surface area contributed by atoms with Crippen molar-refractivity contribution in [2.24, 2.45) is 0 Å². The second-order valence-electron chi connectivity index (χ2n) is 4.46. The number of hydrogen-bond donors (Lipinski definition) is 0. The lowest BCUT2D eigenvalue weighted by Gasteiger charge is -2.10. The molecule has 21 heavy (non-hydrogen) atoms. The molecule has 112 valence electrons. The first kappa shape index (κ1) is 15.1. The van der Waals surface area contributed by atoms with Gasteiger partial charge in [-0.25, -0.2) is 9.78 Å². The highest BCUT2D eigenvalue weighted by atomic mass is 19.4. The third kappa shape index (κ3) is 4.08. The Morgan fingerprint density at radius 2 is 2.14 bits per heavy atom. The highest BCUT2D eigenvalue weighted by molar-refractivity contribution is 5.89. The fourth-order valence-corrected chi connectivity index (χ4v) is 1.94. The van der Waals surface area contributed by atoms with Crippen LogP contribution in [0.1, 0.15) is 21.7 Å². The lowest BCUT2D eigenvalue weighted by molar-refractivity contribution is -0.128. The van der Waals surface area contributed by atoms with Crippen LogP contribution in [0.15, 0.2) is 36.7 Å². The van der Waals surface area contributed by atoms with E-state index in [1.807, 2.05) is 0 Å². The van der Waals surface area contributed by atoms with Crippen LogP contribution in [-0.4, -0.2) is 28.8 Å². The zero-order valence-corrected chi connectivity index (χ0v) is 11.2. The number of nitrogens with zero attached hydrogens (tertiary/aromatic N) is 2. The zero-order valence-electron chi connectivity index (χ0n) is 11.2. The molecule has 1 aromatic heterocycles. The highest BCUT2D eigenvalue weighted by Gasteiger charge is 2.30. The number of carbonyl (C=O) groups excluding carboxylic acids is 1. The summed E-state index contributed by atoms with van der Waals surface area (Å²) >= 11 is 0. The van der Waals surface area contributed by atoms with Crippen molar-refractivity contribution in [1.82, 2.24) is 9.55 Å². The van der Waals surface area contributed by atoms with Crippen LogP contribution < -0.4 is 0 Å². The summed E-state index contributed by atoms with van der Waals surface area (Å²) in [6.45, 7) is 0.205. The van der Waals surface area contributed by atoms with Gasteiger partial charge >= 0.3 is 12.1 Å². The molecule has 4 nitrogen and oxygen atoms in total. The van der Waals surface area contributed by atoms with Gasteiger partial charge in [-0.1, -0.05) is 12.1 Å². The molecule has 0 aliphatic heterocycles. The van der Waals surface area contributed by atoms with Crippen LogP contribution in [-0.2, 0) is 17.7 Å². The van der Waals surface area contributed by atoms with Gasteiger partial charge in [-0.2, -0.15) is 13.2 Å². The quantitative estimate of drug-likeness (QED) is 0.815. The van der Waals surface area contributed by atoms with Crippen molar-refractivity contribution in [3.05, 3.63) is 53.6 Å². The number of methoxy groups -OCH3 is 1. The molecule has 0 bridgehead atoms. The minimum Gasteiger partial charge on any atom is -0.465 e. The number of ether oxygens (including phenoxy) is 1. The van der Waals surface area contributed by atoms with Gasteiger partial charge in [0.05, 0.1) is 12.7 Å². The van der Waals surface area contributed by atoms with Gasteiger partial charge in [0.2, 0.25) is 0 Å². The lowest BCUT2D eigenvalue weighted by Crippen LogP contribution is -2.16.